The van der Waals surface area contributed by atoms with Crippen LogP contribution >= 0.6 is 0 Å². The van der Waals surface area contributed by atoms with Crippen molar-refractivity contribution in [2.45, 2.75) is 26.5 Å². The minimum atomic E-state index is 0.634. The number of benzene rings is 2. The van der Waals surface area contributed by atoms with E-state index >= 15 is 0 Å². The van der Waals surface area contributed by atoms with Gasteiger partial charge in [-0.2, -0.15) is 5.10 Å². The Balaban J connectivity index is 1.46. The van der Waals surface area contributed by atoms with E-state index < -0.39 is 0 Å². The number of aromatic nitrogens is 2. The van der Waals surface area contributed by atoms with Crippen molar-refractivity contribution < 1.29 is 4.74 Å². The second-order valence-corrected chi connectivity index (χ2v) is 6.63. The molecule has 6 nitrogen and oxygen atoms in total. The van der Waals surface area contributed by atoms with Crippen LogP contribution in [-0.4, -0.2) is 35.9 Å². The summed E-state index contributed by atoms with van der Waals surface area (Å²) in [6.45, 7) is 4.88. The normalized spacial score (nSPS) is 11.4. The van der Waals surface area contributed by atoms with Crippen molar-refractivity contribution in [3.8, 4) is 5.69 Å². The van der Waals surface area contributed by atoms with Gasteiger partial charge in [-0.15, -0.1) is 0 Å². The molecular weight excluding hydrogens is 362 g/mol. The Hall–Kier alpha value is -3.12. The zero-order valence-corrected chi connectivity index (χ0v) is 17.1. The Kier molecular flexibility index (Phi) is 7.83. The Morgan fingerprint density at radius 1 is 1.03 bits per heavy atom. The molecule has 1 aromatic heterocycles. The molecule has 0 aliphatic rings. The van der Waals surface area contributed by atoms with Crippen LogP contribution in [0.15, 0.2) is 72.0 Å². The lowest BCUT2D eigenvalue weighted by atomic mass is 10.1. The third-order valence-corrected chi connectivity index (χ3v) is 4.66. The minimum Gasteiger partial charge on any atom is -0.377 e. The standard InChI is InChI=1S/C23H29N5O/c1-3-29-18-21-8-5-4-7-20(21)17-26-23(24-2)25-15-13-19-9-11-22(12-10-19)28-16-6-14-27-28/h4-12,14,16H,3,13,15,17-18H2,1-2H3,(H2,24,25,26). The topological polar surface area (TPSA) is 63.5 Å². The molecule has 1 heterocycles. The Morgan fingerprint density at radius 2 is 1.83 bits per heavy atom. The number of hydrogen-bond acceptors (Lipinski definition) is 3. The summed E-state index contributed by atoms with van der Waals surface area (Å²) >= 11 is 0. The van der Waals surface area contributed by atoms with Crippen molar-refractivity contribution in [1.82, 2.24) is 20.4 Å². The number of guanidine groups is 1. The van der Waals surface area contributed by atoms with Crippen molar-refractivity contribution >= 4 is 5.96 Å². The van der Waals surface area contributed by atoms with E-state index in [1.54, 1.807) is 13.2 Å². The van der Waals surface area contributed by atoms with Crippen LogP contribution in [-0.2, 0) is 24.3 Å². The van der Waals surface area contributed by atoms with Gasteiger partial charge in [0, 0.05) is 39.1 Å². The highest BCUT2D eigenvalue weighted by atomic mass is 16.5. The monoisotopic (exact) mass is 391 g/mol. The zero-order chi connectivity index (χ0) is 20.3. The molecule has 2 aromatic carbocycles. The molecule has 0 unspecified atom stereocenters. The summed E-state index contributed by atoms with van der Waals surface area (Å²) in [6.07, 6.45) is 4.64. The lowest BCUT2D eigenvalue weighted by Crippen LogP contribution is -2.38. The molecule has 2 N–H and O–H groups in total. The van der Waals surface area contributed by atoms with Gasteiger partial charge in [0.1, 0.15) is 0 Å². The van der Waals surface area contributed by atoms with Crippen molar-refractivity contribution in [3.63, 3.8) is 0 Å². The second kappa shape index (κ2) is 11.0. The van der Waals surface area contributed by atoms with Gasteiger partial charge in [0.2, 0.25) is 0 Å². The van der Waals surface area contributed by atoms with E-state index in [0.29, 0.717) is 19.8 Å². The molecule has 3 aromatic rings. The first-order chi connectivity index (χ1) is 14.3. The average Bonchev–Trinajstić information content (AvgIpc) is 3.30. The Bertz CT molecular complexity index is 888. The highest BCUT2D eigenvalue weighted by Crippen LogP contribution is 2.10. The highest BCUT2D eigenvalue weighted by Gasteiger charge is 2.04. The molecule has 0 aliphatic carbocycles. The fourth-order valence-corrected chi connectivity index (χ4v) is 3.04. The quantitative estimate of drug-likeness (QED) is 0.434. The van der Waals surface area contributed by atoms with Crippen LogP contribution in [0.1, 0.15) is 23.6 Å². The van der Waals surface area contributed by atoms with E-state index in [9.17, 15) is 0 Å². The van der Waals surface area contributed by atoms with E-state index in [4.69, 9.17) is 4.74 Å². The molecule has 0 spiro atoms. The molecule has 0 saturated heterocycles. The average molecular weight is 392 g/mol. The first-order valence-electron chi connectivity index (χ1n) is 9.98. The minimum absolute atomic E-state index is 0.634. The summed E-state index contributed by atoms with van der Waals surface area (Å²) in [5.41, 5.74) is 4.76. The first kappa shape index (κ1) is 20.6. The summed E-state index contributed by atoms with van der Waals surface area (Å²) in [5.74, 6) is 0.796. The SMILES string of the molecule is CCOCc1ccccc1CNC(=NC)NCCc1ccc(-n2cccn2)cc1. The summed E-state index contributed by atoms with van der Waals surface area (Å²) in [7, 11) is 1.79. The van der Waals surface area contributed by atoms with Gasteiger partial charge in [-0.1, -0.05) is 36.4 Å². The fourth-order valence-electron chi connectivity index (χ4n) is 3.04. The van der Waals surface area contributed by atoms with Gasteiger partial charge in [-0.3, -0.25) is 4.99 Å². The van der Waals surface area contributed by atoms with Crippen LogP contribution in [0.5, 0.6) is 0 Å². The van der Waals surface area contributed by atoms with Gasteiger partial charge in [-0.25, -0.2) is 4.68 Å². The highest BCUT2D eigenvalue weighted by molar-refractivity contribution is 5.79. The summed E-state index contributed by atoms with van der Waals surface area (Å²) in [4.78, 5) is 4.33. The maximum absolute atomic E-state index is 5.56. The van der Waals surface area contributed by atoms with Gasteiger partial charge < -0.3 is 15.4 Å². The van der Waals surface area contributed by atoms with Gasteiger partial charge in [-0.05, 0) is 48.2 Å². The van der Waals surface area contributed by atoms with Gasteiger partial charge in [0.25, 0.3) is 0 Å². The van der Waals surface area contributed by atoms with E-state index in [1.165, 1.54) is 16.7 Å². The van der Waals surface area contributed by atoms with E-state index in [0.717, 1.165) is 24.6 Å². The Morgan fingerprint density at radius 3 is 2.52 bits per heavy atom. The third-order valence-electron chi connectivity index (χ3n) is 4.66. The number of nitrogens with zero attached hydrogens (tertiary/aromatic N) is 3. The summed E-state index contributed by atoms with van der Waals surface area (Å²) in [5, 5.41) is 11.0. The smallest absolute Gasteiger partial charge is 0.191 e. The molecule has 152 valence electrons. The van der Waals surface area contributed by atoms with Gasteiger partial charge in [0.15, 0.2) is 5.96 Å². The summed E-state index contributed by atoms with van der Waals surface area (Å²) in [6, 6.07) is 18.7. The lowest BCUT2D eigenvalue weighted by Gasteiger charge is -2.14. The number of aliphatic imine (C=N–C) groups is 1. The molecule has 0 radical (unpaired) electrons. The van der Waals surface area contributed by atoms with Crippen LogP contribution < -0.4 is 10.6 Å². The molecule has 3 rings (SSSR count). The number of hydrogen-bond donors (Lipinski definition) is 2. The Labute approximate surface area is 172 Å². The first-order valence-corrected chi connectivity index (χ1v) is 9.98. The number of rotatable bonds is 9. The number of nitrogens with one attached hydrogen (secondary N) is 2. The van der Waals surface area contributed by atoms with Gasteiger partial charge in [0.05, 0.1) is 12.3 Å². The number of ether oxygens (including phenoxy) is 1. The van der Waals surface area contributed by atoms with Crippen LogP contribution in [0, 0.1) is 0 Å². The molecule has 0 amide bonds. The third kappa shape index (κ3) is 6.19. The van der Waals surface area contributed by atoms with Crippen LogP contribution in [0.3, 0.4) is 0 Å². The van der Waals surface area contributed by atoms with E-state index in [-0.39, 0.29) is 0 Å². The molecular formula is C23H29N5O. The van der Waals surface area contributed by atoms with E-state index in [1.807, 2.05) is 29.9 Å². The molecule has 0 saturated carbocycles. The lowest BCUT2D eigenvalue weighted by molar-refractivity contribution is 0.133. The largest absolute Gasteiger partial charge is 0.377 e. The van der Waals surface area contributed by atoms with Crippen molar-refractivity contribution in [1.29, 1.82) is 0 Å². The van der Waals surface area contributed by atoms with Crippen LogP contribution in [0.2, 0.25) is 0 Å². The predicted molar refractivity (Wildman–Crippen MR) is 117 cm³/mol. The maximum Gasteiger partial charge on any atom is 0.191 e. The fraction of sp³-hybridized carbons (Fsp3) is 0.304. The van der Waals surface area contributed by atoms with Crippen molar-refractivity contribution in [3.05, 3.63) is 83.7 Å². The molecule has 6 heteroatoms. The van der Waals surface area contributed by atoms with Crippen LogP contribution in [0.25, 0.3) is 5.69 Å². The van der Waals surface area contributed by atoms with Crippen molar-refractivity contribution in [2.24, 2.45) is 4.99 Å². The second-order valence-electron chi connectivity index (χ2n) is 6.63. The van der Waals surface area contributed by atoms with E-state index in [2.05, 4.69) is 63.2 Å². The molecule has 0 aliphatic heterocycles. The molecule has 0 fully saturated rings. The predicted octanol–water partition coefficient (Wildman–Crippen LogP) is 3.32. The molecule has 29 heavy (non-hydrogen) atoms. The summed E-state index contributed by atoms with van der Waals surface area (Å²) < 4.78 is 7.42. The maximum atomic E-state index is 5.56. The zero-order valence-electron chi connectivity index (χ0n) is 17.1. The molecule has 0 bridgehead atoms. The van der Waals surface area contributed by atoms with Crippen molar-refractivity contribution in [2.75, 3.05) is 20.2 Å². The molecule has 0 atom stereocenters. The van der Waals surface area contributed by atoms with Gasteiger partial charge >= 0.3 is 0 Å². The van der Waals surface area contributed by atoms with Crippen LogP contribution in [0.4, 0.5) is 0 Å².